The van der Waals surface area contributed by atoms with Crippen LogP contribution >= 0.6 is 0 Å². The number of fused-ring (bicyclic) bond motifs is 2. The summed E-state index contributed by atoms with van der Waals surface area (Å²) in [7, 11) is 2.05. The molecule has 1 amide bonds. The number of aryl methyl sites for hydroxylation is 2. The second-order valence-corrected chi connectivity index (χ2v) is 8.50. The first-order chi connectivity index (χ1) is 15.4. The van der Waals surface area contributed by atoms with Gasteiger partial charge in [-0.2, -0.15) is 0 Å². The summed E-state index contributed by atoms with van der Waals surface area (Å²) in [6.07, 6.45) is 7.08. The van der Waals surface area contributed by atoms with Gasteiger partial charge >= 0.3 is 0 Å². The Hall–Kier alpha value is -3.40. The molecule has 0 unspecified atom stereocenters. The van der Waals surface area contributed by atoms with E-state index in [9.17, 15) is 9.18 Å². The molecule has 1 atom stereocenters. The van der Waals surface area contributed by atoms with Gasteiger partial charge in [0, 0.05) is 24.2 Å². The Balaban J connectivity index is 1.41. The number of nitrogens with zero attached hydrogens (tertiary/aromatic N) is 7. The van der Waals surface area contributed by atoms with Gasteiger partial charge in [-0.3, -0.25) is 4.79 Å². The van der Waals surface area contributed by atoms with Crippen LogP contribution < -0.4 is 5.32 Å². The second kappa shape index (κ2) is 7.94. The molecule has 32 heavy (non-hydrogen) atoms. The van der Waals surface area contributed by atoms with Crippen LogP contribution in [-0.4, -0.2) is 59.6 Å². The number of amides is 1. The number of aromatic nitrogens is 6. The van der Waals surface area contributed by atoms with Crippen molar-refractivity contribution in [2.24, 2.45) is 0 Å². The summed E-state index contributed by atoms with van der Waals surface area (Å²) >= 11 is 0. The third kappa shape index (κ3) is 3.81. The highest BCUT2D eigenvalue weighted by atomic mass is 19.1. The molecule has 0 spiro atoms. The number of rotatable bonds is 4. The quantitative estimate of drug-likeness (QED) is 0.529. The molecule has 9 nitrogen and oxygen atoms in total. The fourth-order valence-electron chi connectivity index (χ4n) is 4.33. The summed E-state index contributed by atoms with van der Waals surface area (Å²) < 4.78 is 17.9. The fourth-order valence-corrected chi connectivity index (χ4v) is 4.33. The molecular formula is C22H25FN8O. The fraction of sp³-hybridized carbons (Fsp3) is 0.409. The van der Waals surface area contributed by atoms with E-state index in [1.165, 1.54) is 17.1 Å². The third-order valence-corrected chi connectivity index (χ3v) is 6.02. The Morgan fingerprint density at radius 1 is 1.16 bits per heavy atom. The molecule has 4 aromatic heterocycles. The third-order valence-electron chi connectivity index (χ3n) is 6.02. The van der Waals surface area contributed by atoms with Crippen molar-refractivity contribution in [1.82, 2.24) is 34.1 Å². The lowest BCUT2D eigenvalue weighted by molar-refractivity contribution is -0.117. The number of pyridine rings is 1. The predicted molar refractivity (Wildman–Crippen MR) is 118 cm³/mol. The van der Waals surface area contributed by atoms with Gasteiger partial charge in [-0.25, -0.2) is 14.4 Å². The number of carbonyl (C=O) groups excluding carboxylic acids is 1. The summed E-state index contributed by atoms with van der Waals surface area (Å²) in [6.45, 7) is 4.72. The molecule has 0 bridgehead atoms. The molecule has 1 N–H and O–H groups in total. The van der Waals surface area contributed by atoms with E-state index >= 15 is 0 Å². The van der Waals surface area contributed by atoms with Gasteiger partial charge in [0.15, 0.2) is 22.9 Å². The monoisotopic (exact) mass is 436 g/mol. The van der Waals surface area contributed by atoms with Crippen molar-refractivity contribution < 1.29 is 9.18 Å². The van der Waals surface area contributed by atoms with Gasteiger partial charge in [0.25, 0.3) is 0 Å². The van der Waals surface area contributed by atoms with E-state index in [1.54, 1.807) is 23.7 Å². The van der Waals surface area contributed by atoms with Gasteiger partial charge in [0.1, 0.15) is 5.82 Å². The minimum atomic E-state index is -0.496. The minimum absolute atomic E-state index is 0.114. The average molecular weight is 436 g/mol. The zero-order valence-corrected chi connectivity index (χ0v) is 18.3. The Kier molecular flexibility index (Phi) is 5.09. The Morgan fingerprint density at radius 3 is 2.81 bits per heavy atom. The standard InChI is InChI=1S/C22H25FN8O/c1-13-8-18(28-31-21(13)24-14(2)27-31)15-9-17(23)22-26-19(12-30(22)11-15)25-20(32)10-16-6-4-5-7-29(16)3/h8-9,11-12,16H,4-7,10H2,1-3H3,(H,25,32)/t16-/m0/s1. The molecule has 1 aliphatic rings. The number of nitrogens with one attached hydrogen (secondary N) is 1. The van der Waals surface area contributed by atoms with E-state index in [0.717, 1.165) is 24.9 Å². The molecule has 5 heterocycles. The Labute approximate surface area is 184 Å². The van der Waals surface area contributed by atoms with Crippen molar-refractivity contribution in [3.63, 3.8) is 0 Å². The molecule has 1 saturated heterocycles. The zero-order chi connectivity index (χ0) is 22.4. The van der Waals surface area contributed by atoms with Gasteiger partial charge in [-0.05, 0) is 58.0 Å². The van der Waals surface area contributed by atoms with Crippen LogP contribution in [0.25, 0.3) is 22.6 Å². The molecule has 1 fully saturated rings. The number of halogens is 1. The zero-order valence-electron chi connectivity index (χ0n) is 18.3. The molecule has 10 heteroatoms. The van der Waals surface area contributed by atoms with E-state index in [4.69, 9.17) is 0 Å². The van der Waals surface area contributed by atoms with Gasteiger partial charge in [-0.1, -0.05) is 6.42 Å². The number of hydrogen-bond acceptors (Lipinski definition) is 6. The predicted octanol–water partition coefficient (Wildman–Crippen LogP) is 3.01. The van der Waals surface area contributed by atoms with Crippen LogP contribution in [0.15, 0.2) is 24.5 Å². The largest absolute Gasteiger partial charge is 0.309 e. The van der Waals surface area contributed by atoms with E-state index in [0.29, 0.717) is 35.0 Å². The highest BCUT2D eigenvalue weighted by Crippen LogP contribution is 2.24. The number of anilines is 1. The van der Waals surface area contributed by atoms with Gasteiger partial charge in [-0.15, -0.1) is 14.8 Å². The SMILES string of the molecule is Cc1nc2c(C)cc(-c3cc(F)c4nc(NC(=O)C[C@@H]5CCCCN5C)cn4c3)nn2n1. The normalized spacial score (nSPS) is 17.3. The van der Waals surface area contributed by atoms with E-state index < -0.39 is 5.82 Å². The maximum Gasteiger partial charge on any atom is 0.227 e. The summed E-state index contributed by atoms with van der Waals surface area (Å²) in [5.74, 6) is 0.339. The van der Waals surface area contributed by atoms with Crippen molar-refractivity contribution in [2.45, 2.75) is 45.6 Å². The summed E-state index contributed by atoms with van der Waals surface area (Å²) in [6, 6.07) is 3.47. The molecule has 5 rings (SSSR count). The molecule has 1 aliphatic heterocycles. The molecule has 0 aliphatic carbocycles. The number of imidazole rings is 1. The minimum Gasteiger partial charge on any atom is -0.309 e. The van der Waals surface area contributed by atoms with Crippen LogP contribution in [0.1, 0.15) is 37.1 Å². The maximum absolute atomic E-state index is 14.9. The average Bonchev–Trinajstić information content (AvgIpc) is 3.32. The Bertz CT molecular complexity index is 1330. The number of carbonyl (C=O) groups is 1. The van der Waals surface area contributed by atoms with Gasteiger partial charge in [0.2, 0.25) is 5.91 Å². The number of likely N-dealkylation sites (tertiary alicyclic amines) is 1. The van der Waals surface area contributed by atoms with Crippen LogP contribution in [0.2, 0.25) is 0 Å². The lowest BCUT2D eigenvalue weighted by atomic mass is 10.00. The van der Waals surface area contributed by atoms with Crippen LogP contribution in [0.4, 0.5) is 10.2 Å². The first-order valence-corrected chi connectivity index (χ1v) is 10.8. The smallest absolute Gasteiger partial charge is 0.227 e. The van der Waals surface area contributed by atoms with Crippen LogP contribution in [0.3, 0.4) is 0 Å². The highest BCUT2D eigenvalue weighted by Gasteiger charge is 2.22. The Morgan fingerprint density at radius 2 is 2.00 bits per heavy atom. The molecular weight excluding hydrogens is 411 g/mol. The number of piperidine rings is 1. The maximum atomic E-state index is 14.9. The lowest BCUT2D eigenvalue weighted by Gasteiger charge is -2.31. The van der Waals surface area contributed by atoms with Crippen molar-refractivity contribution >= 4 is 23.0 Å². The lowest BCUT2D eigenvalue weighted by Crippen LogP contribution is -2.38. The molecule has 0 saturated carbocycles. The van der Waals surface area contributed by atoms with Crippen molar-refractivity contribution in [3.05, 3.63) is 41.7 Å². The summed E-state index contributed by atoms with van der Waals surface area (Å²) in [4.78, 5) is 23.4. The molecule has 4 aromatic rings. The van der Waals surface area contributed by atoms with Crippen LogP contribution in [0, 0.1) is 19.7 Å². The van der Waals surface area contributed by atoms with E-state index in [1.807, 2.05) is 20.0 Å². The summed E-state index contributed by atoms with van der Waals surface area (Å²) in [5.41, 5.74) is 2.85. The van der Waals surface area contributed by atoms with E-state index in [-0.39, 0.29) is 17.6 Å². The summed E-state index contributed by atoms with van der Waals surface area (Å²) in [5, 5.41) is 11.6. The second-order valence-electron chi connectivity index (χ2n) is 8.50. The van der Waals surface area contributed by atoms with Crippen molar-refractivity contribution in [1.29, 1.82) is 0 Å². The molecule has 166 valence electrons. The van der Waals surface area contributed by atoms with Crippen molar-refractivity contribution in [3.8, 4) is 11.3 Å². The van der Waals surface area contributed by atoms with Crippen molar-refractivity contribution in [2.75, 3.05) is 18.9 Å². The topological polar surface area (TPSA) is 92.7 Å². The van der Waals surface area contributed by atoms with Crippen LogP contribution in [0.5, 0.6) is 0 Å². The molecule has 0 radical (unpaired) electrons. The highest BCUT2D eigenvalue weighted by molar-refractivity contribution is 5.90. The first-order valence-electron chi connectivity index (χ1n) is 10.8. The van der Waals surface area contributed by atoms with Gasteiger partial charge in [0.05, 0.1) is 11.9 Å². The van der Waals surface area contributed by atoms with Crippen LogP contribution in [-0.2, 0) is 4.79 Å². The van der Waals surface area contributed by atoms with E-state index in [2.05, 4.69) is 30.4 Å². The molecule has 0 aromatic carbocycles. The first kappa shape index (κ1) is 20.5. The van der Waals surface area contributed by atoms with Gasteiger partial charge < -0.3 is 14.6 Å². The number of hydrogen-bond donors (Lipinski definition) is 1.